The number of nitrogens with zero attached hydrogens (tertiary/aromatic N) is 1. The number of pyridine rings is 1. The van der Waals surface area contributed by atoms with Crippen LogP contribution >= 0.6 is 0 Å². The number of ether oxygens (including phenoxy) is 7. The number of hydrogen-bond donors (Lipinski definition) is 1. The number of esters is 2. The number of hydrogen-bond acceptors (Lipinski definition) is 11. The molecule has 1 aromatic carbocycles. The van der Waals surface area contributed by atoms with Gasteiger partial charge in [0.25, 0.3) is 5.91 Å². The van der Waals surface area contributed by atoms with Gasteiger partial charge in [-0.25, -0.2) is 9.78 Å². The SMILES string of the molecule is CCCCOC1COCC(NC(=O)c2nccc(OC)c2OCOC(C)=O)C(=O)OC(C)C1OCc1ccccc1. The Morgan fingerprint density at radius 3 is 2.61 bits per heavy atom. The predicted octanol–water partition coefficient (Wildman–Crippen LogP) is 2.82. The molecular formula is C29H38N2O10. The highest BCUT2D eigenvalue weighted by Gasteiger charge is 2.36. The normalized spacial score (nSPS) is 21.0. The molecule has 12 nitrogen and oxygen atoms in total. The largest absolute Gasteiger partial charge is 0.493 e. The Balaban J connectivity index is 1.75. The molecule has 12 heteroatoms. The average molecular weight is 575 g/mol. The fourth-order valence-corrected chi connectivity index (χ4v) is 4.02. The zero-order valence-electron chi connectivity index (χ0n) is 23.8. The molecule has 0 radical (unpaired) electrons. The molecule has 1 N–H and O–H groups in total. The topological polar surface area (TPSA) is 141 Å². The molecule has 2 aromatic rings. The molecule has 0 spiro atoms. The molecule has 1 aliphatic rings. The van der Waals surface area contributed by atoms with Crippen molar-refractivity contribution in [2.24, 2.45) is 0 Å². The summed E-state index contributed by atoms with van der Waals surface area (Å²) in [5.41, 5.74) is 0.781. The van der Waals surface area contributed by atoms with Gasteiger partial charge in [0.15, 0.2) is 23.2 Å². The molecule has 224 valence electrons. The zero-order chi connectivity index (χ0) is 29.6. The minimum Gasteiger partial charge on any atom is -0.493 e. The van der Waals surface area contributed by atoms with Crippen LogP contribution in [0.5, 0.6) is 11.5 Å². The van der Waals surface area contributed by atoms with Gasteiger partial charge >= 0.3 is 11.9 Å². The Kier molecular flexibility index (Phi) is 12.8. The Morgan fingerprint density at radius 2 is 1.90 bits per heavy atom. The van der Waals surface area contributed by atoms with E-state index in [1.54, 1.807) is 6.92 Å². The summed E-state index contributed by atoms with van der Waals surface area (Å²) >= 11 is 0. The Bertz CT molecular complexity index is 1130. The predicted molar refractivity (Wildman–Crippen MR) is 145 cm³/mol. The van der Waals surface area contributed by atoms with E-state index in [2.05, 4.69) is 17.2 Å². The first-order valence-corrected chi connectivity index (χ1v) is 13.5. The van der Waals surface area contributed by atoms with Crippen LogP contribution in [-0.2, 0) is 39.9 Å². The van der Waals surface area contributed by atoms with E-state index in [1.165, 1.54) is 26.3 Å². The molecule has 2 heterocycles. The van der Waals surface area contributed by atoms with Crippen LogP contribution in [0.25, 0.3) is 0 Å². The second-order valence-corrected chi connectivity index (χ2v) is 9.32. The number of carbonyl (C=O) groups excluding carboxylic acids is 3. The quantitative estimate of drug-likeness (QED) is 0.214. The Morgan fingerprint density at radius 1 is 1.12 bits per heavy atom. The van der Waals surface area contributed by atoms with Crippen LogP contribution in [0.1, 0.15) is 49.7 Å². The molecule has 4 unspecified atom stereocenters. The maximum Gasteiger partial charge on any atom is 0.331 e. The summed E-state index contributed by atoms with van der Waals surface area (Å²) in [7, 11) is 1.38. The van der Waals surface area contributed by atoms with Gasteiger partial charge in [-0.05, 0) is 18.9 Å². The van der Waals surface area contributed by atoms with Gasteiger partial charge < -0.3 is 38.5 Å². The Hall–Kier alpha value is -3.74. The van der Waals surface area contributed by atoms with Crippen molar-refractivity contribution in [1.29, 1.82) is 0 Å². The number of carbonyl (C=O) groups is 3. The molecule has 1 aromatic heterocycles. The number of benzene rings is 1. The summed E-state index contributed by atoms with van der Waals surface area (Å²) in [5.74, 6) is -1.89. The monoisotopic (exact) mass is 574 g/mol. The molecule has 4 atom stereocenters. The lowest BCUT2D eigenvalue weighted by Crippen LogP contribution is -2.47. The number of methoxy groups -OCH3 is 1. The van der Waals surface area contributed by atoms with Crippen LogP contribution in [0.3, 0.4) is 0 Å². The molecule has 3 rings (SSSR count). The lowest BCUT2D eigenvalue weighted by molar-refractivity contribution is -0.169. The first kappa shape index (κ1) is 31.8. The first-order chi connectivity index (χ1) is 19.8. The molecule has 0 bridgehead atoms. The maximum atomic E-state index is 13.2. The number of amides is 1. The molecule has 1 fully saturated rings. The first-order valence-electron chi connectivity index (χ1n) is 13.5. The van der Waals surface area contributed by atoms with E-state index in [4.69, 9.17) is 33.2 Å². The molecule has 1 amide bonds. The third-order valence-corrected chi connectivity index (χ3v) is 6.17. The van der Waals surface area contributed by atoms with Crippen LogP contribution in [-0.4, -0.2) is 80.9 Å². The molecule has 1 saturated heterocycles. The molecule has 41 heavy (non-hydrogen) atoms. The van der Waals surface area contributed by atoms with Crippen LogP contribution in [0, 0.1) is 0 Å². The third-order valence-electron chi connectivity index (χ3n) is 6.17. The third kappa shape index (κ3) is 9.69. The van der Waals surface area contributed by atoms with E-state index in [0.29, 0.717) is 13.2 Å². The fourth-order valence-electron chi connectivity index (χ4n) is 4.02. The van der Waals surface area contributed by atoms with Gasteiger partial charge in [0.1, 0.15) is 18.3 Å². The van der Waals surface area contributed by atoms with Crippen molar-refractivity contribution in [1.82, 2.24) is 10.3 Å². The van der Waals surface area contributed by atoms with E-state index < -0.39 is 49.0 Å². The van der Waals surface area contributed by atoms with Crippen LogP contribution in [0.2, 0.25) is 0 Å². The van der Waals surface area contributed by atoms with Crippen molar-refractivity contribution in [2.45, 2.75) is 64.6 Å². The zero-order valence-corrected chi connectivity index (χ0v) is 23.8. The van der Waals surface area contributed by atoms with Crippen LogP contribution < -0.4 is 14.8 Å². The highest BCUT2D eigenvalue weighted by atomic mass is 16.7. The summed E-state index contributed by atoms with van der Waals surface area (Å²) in [6, 6.07) is 9.95. The summed E-state index contributed by atoms with van der Waals surface area (Å²) in [6.45, 7) is 5.26. The molecule has 1 aliphatic heterocycles. The van der Waals surface area contributed by atoms with Crippen molar-refractivity contribution in [2.75, 3.05) is 33.7 Å². The van der Waals surface area contributed by atoms with E-state index in [-0.39, 0.29) is 30.4 Å². The maximum absolute atomic E-state index is 13.2. The molecule has 0 aliphatic carbocycles. The second-order valence-electron chi connectivity index (χ2n) is 9.32. The molecule has 0 saturated carbocycles. The van der Waals surface area contributed by atoms with Gasteiger partial charge in [0.05, 0.1) is 26.9 Å². The summed E-state index contributed by atoms with van der Waals surface area (Å²) in [5, 5.41) is 2.61. The standard InChI is InChI=1S/C29H38N2O10/c1-5-6-14-37-24-17-36-16-22(29(34)41-19(2)26(24)38-15-21-10-8-7-9-11-21)31-28(33)25-27(40-18-39-20(3)32)23(35-4)12-13-30-25/h7-13,19,22,24,26H,5-6,14-18H2,1-4H3,(H,31,33). The number of rotatable bonds is 13. The van der Waals surface area contributed by atoms with E-state index in [9.17, 15) is 14.4 Å². The van der Waals surface area contributed by atoms with Crippen molar-refractivity contribution in [3.8, 4) is 11.5 Å². The Labute approximate surface area is 239 Å². The summed E-state index contributed by atoms with van der Waals surface area (Å²) < 4.78 is 39.4. The second kappa shape index (κ2) is 16.5. The lowest BCUT2D eigenvalue weighted by atomic mass is 10.1. The van der Waals surface area contributed by atoms with Gasteiger partial charge in [-0.2, -0.15) is 0 Å². The summed E-state index contributed by atoms with van der Waals surface area (Å²) in [6.07, 6.45) is 1.31. The smallest absolute Gasteiger partial charge is 0.331 e. The van der Waals surface area contributed by atoms with Crippen molar-refractivity contribution < 1.29 is 47.5 Å². The van der Waals surface area contributed by atoms with Gasteiger partial charge in [0.2, 0.25) is 6.79 Å². The highest BCUT2D eigenvalue weighted by molar-refractivity contribution is 5.98. The van der Waals surface area contributed by atoms with Crippen LogP contribution in [0.4, 0.5) is 0 Å². The van der Waals surface area contributed by atoms with Crippen molar-refractivity contribution in [3.05, 3.63) is 53.9 Å². The minimum atomic E-state index is -1.16. The van der Waals surface area contributed by atoms with Gasteiger partial charge in [-0.15, -0.1) is 0 Å². The van der Waals surface area contributed by atoms with Gasteiger partial charge in [-0.3, -0.25) is 9.59 Å². The van der Waals surface area contributed by atoms with Crippen molar-refractivity contribution in [3.63, 3.8) is 0 Å². The van der Waals surface area contributed by atoms with E-state index >= 15 is 0 Å². The van der Waals surface area contributed by atoms with Crippen molar-refractivity contribution >= 4 is 17.8 Å². The molecular weight excluding hydrogens is 536 g/mol. The summed E-state index contributed by atoms with van der Waals surface area (Å²) in [4.78, 5) is 41.7. The van der Waals surface area contributed by atoms with E-state index in [1.807, 2.05) is 30.3 Å². The lowest BCUT2D eigenvalue weighted by Gasteiger charge is -2.30. The highest BCUT2D eigenvalue weighted by Crippen LogP contribution is 2.29. The van der Waals surface area contributed by atoms with E-state index in [0.717, 1.165) is 18.4 Å². The number of cyclic esters (lactones) is 1. The fraction of sp³-hybridized carbons (Fsp3) is 0.517. The number of unbranched alkanes of at least 4 members (excludes halogenated alkanes) is 1. The van der Waals surface area contributed by atoms with Crippen LogP contribution in [0.15, 0.2) is 42.6 Å². The van der Waals surface area contributed by atoms with Gasteiger partial charge in [0, 0.05) is 25.8 Å². The number of aromatic nitrogens is 1. The average Bonchev–Trinajstić information content (AvgIpc) is 3.01. The van der Waals surface area contributed by atoms with Gasteiger partial charge in [-0.1, -0.05) is 43.7 Å². The number of nitrogens with one attached hydrogen (secondary N) is 1. The minimum absolute atomic E-state index is 0.0572.